The van der Waals surface area contributed by atoms with E-state index in [0.29, 0.717) is 33.4 Å². The van der Waals surface area contributed by atoms with Crippen molar-refractivity contribution in [1.82, 2.24) is 4.57 Å². The molecule has 0 bridgehead atoms. The molecule has 128 valence electrons. The van der Waals surface area contributed by atoms with Gasteiger partial charge in [-0.1, -0.05) is 0 Å². The van der Waals surface area contributed by atoms with Gasteiger partial charge in [0.05, 0.1) is 11.9 Å². The number of anilines is 1. The number of nitrogens with zero attached hydrogens (tertiary/aromatic N) is 1. The number of aromatic nitrogens is 1. The zero-order chi connectivity index (χ0) is 18.1. The quantitative estimate of drug-likeness (QED) is 0.713. The summed E-state index contributed by atoms with van der Waals surface area (Å²) in [6.45, 7) is 1.77. The molecule has 0 aliphatic carbocycles. The Morgan fingerprint density at radius 1 is 1.16 bits per heavy atom. The van der Waals surface area contributed by atoms with Gasteiger partial charge in [0, 0.05) is 22.3 Å². The van der Waals surface area contributed by atoms with Gasteiger partial charge < -0.3 is 10.8 Å². The van der Waals surface area contributed by atoms with E-state index >= 15 is 0 Å². The first kappa shape index (κ1) is 16.7. The highest BCUT2D eigenvalue weighted by atomic mass is 19.1. The molecule has 3 rings (SSSR count). The maximum atomic E-state index is 13.6. The van der Waals surface area contributed by atoms with E-state index in [2.05, 4.69) is 0 Å². The number of hydrogen-bond acceptors (Lipinski definition) is 3. The summed E-state index contributed by atoms with van der Waals surface area (Å²) >= 11 is 0. The maximum Gasteiger partial charge on any atom is 0.303 e. The molecule has 0 fully saturated rings. The molecule has 1 aromatic heterocycles. The molecule has 0 saturated heterocycles. The number of fused-ring (bicyclic) bond motifs is 1. The molecule has 0 spiro atoms. The van der Waals surface area contributed by atoms with Crippen LogP contribution in [0.4, 0.5) is 10.1 Å². The Hall–Kier alpha value is -3.15. The fraction of sp³-hybridized carbons (Fsp3) is 0.158. The molecule has 0 aliphatic rings. The van der Waals surface area contributed by atoms with Gasteiger partial charge in [-0.25, -0.2) is 4.39 Å². The van der Waals surface area contributed by atoms with E-state index in [4.69, 9.17) is 10.8 Å². The highest BCUT2D eigenvalue weighted by molar-refractivity contribution is 6.04. The van der Waals surface area contributed by atoms with Crippen LogP contribution in [0, 0.1) is 12.7 Å². The Morgan fingerprint density at radius 2 is 1.84 bits per heavy atom. The molecule has 0 radical (unpaired) electrons. The van der Waals surface area contributed by atoms with Gasteiger partial charge in [-0.3, -0.25) is 14.2 Å². The van der Waals surface area contributed by atoms with Crippen molar-refractivity contribution < 1.29 is 19.1 Å². The molecule has 25 heavy (non-hydrogen) atoms. The summed E-state index contributed by atoms with van der Waals surface area (Å²) in [5.74, 6) is -1.66. The molecule has 0 unspecified atom stereocenters. The van der Waals surface area contributed by atoms with Crippen molar-refractivity contribution in [2.75, 3.05) is 5.73 Å². The normalized spacial score (nSPS) is 11.0. The largest absolute Gasteiger partial charge is 0.481 e. The van der Waals surface area contributed by atoms with E-state index in [-0.39, 0.29) is 18.7 Å². The summed E-state index contributed by atoms with van der Waals surface area (Å²) in [4.78, 5) is 24.0. The SMILES string of the molecule is Cc1c(CCC(=O)O)n(C(=O)c2ccc(N)cc2)c2ccc(F)cc12. The summed E-state index contributed by atoms with van der Waals surface area (Å²) in [7, 11) is 0. The number of carbonyl (C=O) groups excluding carboxylic acids is 1. The number of carboxylic acids is 1. The van der Waals surface area contributed by atoms with Crippen LogP contribution in [-0.4, -0.2) is 21.6 Å². The molecule has 0 saturated carbocycles. The predicted molar refractivity (Wildman–Crippen MR) is 93.2 cm³/mol. The number of carboxylic acid groups (broad SMARTS) is 1. The highest BCUT2D eigenvalue weighted by Gasteiger charge is 2.21. The first-order chi connectivity index (χ1) is 11.9. The third-order valence-corrected chi connectivity index (χ3v) is 4.24. The van der Waals surface area contributed by atoms with Crippen LogP contribution in [0.25, 0.3) is 10.9 Å². The average molecular weight is 340 g/mol. The number of aryl methyl sites for hydroxylation is 1. The van der Waals surface area contributed by atoms with Crippen LogP contribution >= 0.6 is 0 Å². The van der Waals surface area contributed by atoms with Crippen LogP contribution in [0.5, 0.6) is 0 Å². The second-order valence-corrected chi connectivity index (χ2v) is 5.89. The van der Waals surface area contributed by atoms with E-state index in [0.717, 1.165) is 0 Å². The minimum Gasteiger partial charge on any atom is -0.481 e. The Bertz CT molecular complexity index is 974. The smallest absolute Gasteiger partial charge is 0.303 e. The lowest BCUT2D eigenvalue weighted by atomic mass is 10.1. The first-order valence-corrected chi connectivity index (χ1v) is 7.80. The lowest BCUT2D eigenvalue weighted by Gasteiger charge is -2.10. The number of nitrogen functional groups attached to an aromatic ring is 1. The summed E-state index contributed by atoms with van der Waals surface area (Å²) < 4.78 is 15.1. The van der Waals surface area contributed by atoms with Crippen LogP contribution in [0.15, 0.2) is 42.5 Å². The van der Waals surface area contributed by atoms with Crippen molar-refractivity contribution in [2.24, 2.45) is 0 Å². The van der Waals surface area contributed by atoms with E-state index in [9.17, 15) is 14.0 Å². The van der Waals surface area contributed by atoms with Crippen LogP contribution < -0.4 is 5.73 Å². The van der Waals surface area contributed by atoms with Gasteiger partial charge in [-0.15, -0.1) is 0 Å². The third kappa shape index (κ3) is 3.10. The standard InChI is InChI=1S/C19H17FN2O3/c1-11-15-10-13(20)4-7-17(15)22(16(11)8-9-18(23)24)19(25)12-2-5-14(21)6-3-12/h2-7,10H,8-9,21H2,1H3,(H,23,24). The minimum atomic E-state index is -0.956. The van der Waals surface area contributed by atoms with E-state index < -0.39 is 11.8 Å². The fourth-order valence-electron chi connectivity index (χ4n) is 2.98. The van der Waals surface area contributed by atoms with Gasteiger partial charge >= 0.3 is 5.97 Å². The second-order valence-electron chi connectivity index (χ2n) is 5.89. The van der Waals surface area contributed by atoms with Crippen molar-refractivity contribution in [1.29, 1.82) is 0 Å². The minimum absolute atomic E-state index is 0.116. The Labute approximate surface area is 143 Å². The zero-order valence-electron chi connectivity index (χ0n) is 13.6. The van der Waals surface area contributed by atoms with Gasteiger partial charge in [-0.2, -0.15) is 0 Å². The van der Waals surface area contributed by atoms with Crippen molar-refractivity contribution in [3.8, 4) is 0 Å². The molecular formula is C19H17FN2O3. The van der Waals surface area contributed by atoms with Crippen LogP contribution in [-0.2, 0) is 11.2 Å². The fourth-order valence-corrected chi connectivity index (χ4v) is 2.98. The number of benzene rings is 2. The molecule has 6 heteroatoms. The van der Waals surface area contributed by atoms with E-state index in [1.54, 1.807) is 31.2 Å². The first-order valence-electron chi connectivity index (χ1n) is 7.80. The lowest BCUT2D eigenvalue weighted by molar-refractivity contribution is -0.137. The van der Waals surface area contributed by atoms with E-state index in [1.165, 1.54) is 22.8 Å². The van der Waals surface area contributed by atoms with Gasteiger partial charge in [0.1, 0.15) is 5.82 Å². The highest BCUT2D eigenvalue weighted by Crippen LogP contribution is 2.28. The summed E-state index contributed by atoms with van der Waals surface area (Å²) in [6, 6.07) is 10.7. The van der Waals surface area contributed by atoms with Crippen LogP contribution in [0.1, 0.15) is 28.0 Å². The number of aliphatic carboxylic acids is 1. The molecule has 5 nitrogen and oxygen atoms in total. The Morgan fingerprint density at radius 3 is 2.48 bits per heavy atom. The van der Waals surface area contributed by atoms with Crippen molar-refractivity contribution in [2.45, 2.75) is 19.8 Å². The summed E-state index contributed by atoms with van der Waals surface area (Å²) in [5.41, 5.74) is 8.46. The topological polar surface area (TPSA) is 85.3 Å². The lowest BCUT2D eigenvalue weighted by Crippen LogP contribution is -2.16. The van der Waals surface area contributed by atoms with Crippen molar-refractivity contribution in [3.63, 3.8) is 0 Å². The number of nitrogens with two attached hydrogens (primary N) is 1. The van der Waals surface area contributed by atoms with Gasteiger partial charge in [0.25, 0.3) is 5.91 Å². The van der Waals surface area contributed by atoms with Gasteiger partial charge in [0.2, 0.25) is 0 Å². The molecule has 3 aromatic rings. The summed E-state index contributed by atoms with van der Waals surface area (Å²) in [6.07, 6.45) is 0.0623. The monoisotopic (exact) mass is 340 g/mol. The molecule has 0 amide bonds. The number of hydrogen-bond donors (Lipinski definition) is 2. The van der Waals surface area contributed by atoms with Gasteiger partial charge in [0.15, 0.2) is 0 Å². The molecule has 0 atom stereocenters. The zero-order valence-corrected chi connectivity index (χ0v) is 13.6. The number of halogens is 1. The molecule has 1 heterocycles. The molecule has 3 N–H and O–H groups in total. The summed E-state index contributed by atoms with van der Waals surface area (Å²) in [5, 5.41) is 9.59. The predicted octanol–water partition coefficient (Wildman–Crippen LogP) is 3.38. The van der Waals surface area contributed by atoms with Gasteiger partial charge in [-0.05, 0) is 61.4 Å². The number of carbonyl (C=O) groups is 2. The van der Waals surface area contributed by atoms with Crippen molar-refractivity contribution in [3.05, 3.63) is 65.1 Å². The van der Waals surface area contributed by atoms with Crippen LogP contribution in [0.3, 0.4) is 0 Å². The second kappa shape index (κ2) is 6.39. The van der Waals surface area contributed by atoms with E-state index in [1.807, 2.05) is 0 Å². The Balaban J connectivity index is 2.20. The third-order valence-electron chi connectivity index (χ3n) is 4.24. The molecular weight excluding hydrogens is 323 g/mol. The Kier molecular flexibility index (Phi) is 4.27. The molecule has 2 aromatic carbocycles. The van der Waals surface area contributed by atoms with Crippen LogP contribution in [0.2, 0.25) is 0 Å². The average Bonchev–Trinajstić information content (AvgIpc) is 2.85. The number of rotatable bonds is 4. The van der Waals surface area contributed by atoms with Crippen molar-refractivity contribution >= 4 is 28.5 Å². The molecule has 0 aliphatic heterocycles. The maximum absolute atomic E-state index is 13.6.